The maximum atomic E-state index is 4.13. The first kappa shape index (κ1) is 9.78. The molecule has 0 unspecified atom stereocenters. The van der Waals surface area contributed by atoms with Crippen LogP contribution in [-0.4, -0.2) is 67.7 Å². The number of nitrogens with one attached hydrogen (secondary N) is 1. The van der Waals surface area contributed by atoms with Crippen LogP contribution in [0.2, 0.25) is 0 Å². The quantitative estimate of drug-likeness (QED) is 0.543. The molecule has 1 radical (unpaired) electrons. The van der Waals surface area contributed by atoms with Gasteiger partial charge >= 0.3 is 76.2 Å². The Morgan fingerprint density at radius 2 is 2.00 bits per heavy atom. The minimum atomic E-state index is 0. The SMILES string of the molecule is [Na].[Na][c]1n[nH]c2ccccc12. The first-order chi connectivity index (χ1) is 4.88. The molecule has 0 atom stereocenters. The van der Waals surface area contributed by atoms with Crippen LogP contribution in [0.1, 0.15) is 0 Å². The third kappa shape index (κ3) is 1.89. The van der Waals surface area contributed by atoms with E-state index in [1.54, 1.807) is 0 Å². The second kappa shape index (κ2) is 4.08. The molecule has 0 aliphatic rings. The van der Waals surface area contributed by atoms with Gasteiger partial charge in [-0.3, -0.25) is 0 Å². The normalized spacial score (nSPS) is 9.64. The van der Waals surface area contributed by atoms with Gasteiger partial charge in [-0.1, -0.05) is 0 Å². The fourth-order valence-electron chi connectivity index (χ4n) is 1.10. The number of rotatable bonds is 0. The van der Waals surface area contributed by atoms with Gasteiger partial charge in [0.25, 0.3) is 0 Å². The van der Waals surface area contributed by atoms with Crippen molar-refractivity contribution in [2.24, 2.45) is 0 Å². The topological polar surface area (TPSA) is 28.7 Å². The van der Waals surface area contributed by atoms with Crippen molar-refractivity contribution in [3.8, 4) is 0 Å². The molecule has 1 aromatic carbocycles. The van der Waals surface area contributed by atoms with Gasteiger partial charge in [-0.15, -0.1) is 0 Å². The average molecular weight is 163 g/mol. The van der Waals surface area contributed by atoms with Crippen molar-refractivity contribution >= 4 is 71.3 Å². The summed E-state index contributed by atoms with van der Waals surface area (Å²) in [7, 11) is 0. The van der Waals surface area contributed by atoms with E-state index in [1.807, 2.05) is 18.2 Å². The summed E-state index contributed by atoms with van der Waals surface area (Å²) in [5.74, 6) is 0. The summed E-state index contributed by atoms with van der Waals surface area (Å²) in [5, 5.41) is 8.38. The van der Waals surface area contributed by atoms with Crippen molar-refractivity contribution in [3.05, 3.63) is 24.3 Å². The van der Waals surface area contributed by atoms with E-state index in [4.69, 9.17) is 0 Å². The predicted molar refractivity (Wildman–Crippen MR) is 47.2 cm³/mol. The fraction of sp³-hybridized carbons (Fsp3) is 0. The van der Waals surface area contributed by atoms with Crippen LogP contribution >= 0.6 is 0 Å². The zero-order valence-corrected chi connectivity index (χ0v) is 10.8. The molecule has 4 heteroatoms. The van der Waals surface area contributed by atoms with Gasteiger partial charge in [-0.05, 0) is 0 Å². The van der Waals surface area contributed by atoms with Crippen LogP contribution in [0.4, 0.5) is 0 Å². The summed E-state index contributed by atoms with van der Waals surface area (Å²) in [6.07, 6.45) is 0. The van der Waals surface area contributed by atoms with E-state index in [2.05, 4.69) is 16.3 Å². The van der Waals surface area contributed by atoms with Crippen LogP contribution in [0.15, 0.2) is 24.3 Å². The van der Waals surface area contributed by atoms with E-state index in [0.717, 1.165) is 33.4 Å². The van der Waals surface area contributed by atoms with Crippen molar-refractivity contribution < 1.29 is 0 Å². The van der Waals surface area contributed by atoms with Gasteiger partial charge in [0.05, 0.1) is 0 Å². The van der Waals surface area contributed by atoms with Crippen LogP contribution in [0.3, 0.4) is 0 Å². The molecule has 0 saturated carbocycles. The number of aromatic amines is 1. The second-order valence-electron chi connectivity index (χ2n) is 2.35. The van der Waals surface area contributed by atoms with Gasteiger partial charge in [-0.25, -0.2) is 0 Å². The van der Waals surface area contributed by atoms with Crippen LogP contribution in [0.25, 0.3) is 10.9 Å². The summed E-state index contributed by atoms with van der Waals surface area (Å²) >= 11 is 1.02. The Hall–Kier alpha value is 0.690. The molecule has 0 saturated heterocycles. The van der Waals surface area contributed by atoms with E-state index in [0.29, 0.717) is 0 Å². The molecule has 0 fully saturated rings. The molecule has 1 N–H and O–H groups in total. The van der Waals surface area contributed by atoms with Crippen molar-refractivity contribution in [1.29, 1.82) is 0 Å². The summed E-state index contributed by atoms with van der Waals surface area (Å²) in [6, 6.07) is 8.20. The van der Waals surface area contributed by atoms with E-state index in [9.17, 15) is 0 Å². The van der Waals surface area contributed by atoms with Gasteiger partial charge in [-0.2, -0.15) is 0 Å². The van der Waals surface area contributed by atoms with Gasteiger partial charge < -0.3 is 0 Å². The standard InChI is InChI=1S/C7H5N2.2Na/c1-2-4-7-6(3-1)5-8-9-7;;/h1-4H,(H,8,9);;. The van der Waals surface area contributed by atoms with E-state index in [1.165, 1.54) is 8.33 Å². The Morgan fingerprint density at radius 3 is 2.73 bits per heavy atom. The summed E-state index contributed by atoms with van der Waals surface area (Å²) in [5.41, 5.74) is 1.15. The Morgan fingerprint density at radius 1 is 1.27 bits per heavy atom. The molecular weight excluding hydrogens is 158 g/mol. The van der Waals surface area contributed by atoms with Gasteiger partial charge in [0.15, 0.2) is 0 Å². The maximum absolute atomic E-state index is 4.13. The molecule has 2 nitrogen and oxygen atoms in total. The van der Waals surface area contributed by atoms with E-state index in [-0.39, 0.29) is 29.6 Å². The molecule has 2 aromatic rings. The van der Waals surface area contributed by atoms with Crippen molar-refractivity contribution in [2.45, 2.75) is 0 Å². The Balaban J connectivity index is 0.000000605. The summed E-state index contributed by atoms with van der Waals surface area (Å²) < 4.78 is 1.20. The minimum absolute atomic E-state index is 0. The number of hydrogen-bond donors (Lipinski definition) is 1. The third-order valence-electron chi connectivity index (χ3n) is 1.66. The Bertz CT molecular complexity index is 356. The molecule has 11 heavy (non-hydrogen) atoms. The number of benzene rings is 1. The molecule has 1 aromatic heterocycles. The monoisotopic (exact) mass is 163 g/mol. The van der Waals surface area contributed by atoms with Crippen LogP contribution in [0.5, 0.6) is 0 Å². The summed E-state index contributed by atoms with van der Waals surface area (Å²) in [6.45, 7) is 0. The molecule has 0 spiro atoms. The van der Waals surface area contributed by atoms with Gasteiger partial charge in [0.2, 0.25) is 0 Å². The van der Waals surface area contributed by atoms with Crippen molar-refractivity contribution in [1.82, 2.24) is 10.2 Å². The number of fused-ring (bicyclic) bond motifs is 1. The Kier molecular flexibility index (Phi) is 3.62. The average Bonchev–Trinajstić information content (AvgIpc) is 2.34. The predicted octanol–water partition coefficient (Wildman–Crippen LogP) is -0.0241. The molecule has 0 aliphatic heterocycles. The molecule has 0 aliphatic carbocycles. The molecule has 45 valence electrons. The number of aromatic nitrogens is 2. The fourth-order valence-corrected chi connectivity index (χ4v) is 1.65. The van der Waals surface area contributed by atoms with Crippen molar-refractivity contribution in [2.75, 3.05) is 0 Å². The molecule has 0 bridgehead atoms. The zero-order valence-electron chi connectivity index (χ0n) is 6.76. The Labute approximate surface area is 104 Å². The number of nitrogens with zero attached hydrogens (tertiary/aromatic N) is 1. The van der Waals surface area contributed by atoms with Crippen molar-refractivity contribution in [3.63, 3.8) is 0 Å². The van der Waals surface area contributed by atoms with Crippen LogP contribution < -0.4 is 2.94 Å². The van der Waals surface area contributed by atoms with E-state index >= 15 is 0 Å². The molecule has 0 amide bonds. The second-order valence-corrected chi connectivity index (χ2v) is 3.30. The number of hydrogen-bond acceptors (Lipinski definition) is 1. The van der Waals surface area contributed by atoms with Gasteiger partial charge in [0.1, 0.15) is 0 Å². The van der Waals surface area contributed by atoms with Crippen LogP contribution in [-0.2, 0) is 0 Å². The summed E-state index contributed by atoms with van der Waals surface area (Å²) in [4.78, 5) is 0. The zero-order chi connectivity index (χ0) is 6.97. The first-order valence-corrected chi connectivity index (χ1v) is 4.27. The third-order valence-corrected chi connectivity index (χ3v) is 2.42. The molecule has 1 heterocycles. The molecule has 2 rings (SSSR count). The van der Waals surface area contributed by atoms with Gasteiger partial charge in [0, 0.05) is 29.6 Å². The van der Waals surface area contributed by atoms with E-state index < -0.39 is 0 Å². The molecular formula is C7H5N2Na2. The van der Waals surface area contributed by atoms with Crippen LogP contribution in [0, 0.1) is 0 Å². The number of para-hydroxylation sites is 1. The first-order valence-electron chi connectivity index (χ1n) is 3.27. The number of H-pyrrole nitrogens is 1.